The summed E-state index contributed by atoms with van der Waals surface area (Å²) >= 11 is 0. The molecule has 0 saturated heterocycles. The van der Waals surface area contributed by atoms with Crippen LogP contribution in [-0.2, 0) is 11.3 Å². The van der Waals surface area contributed by atoms with Gasteiger partial charge in [-0.25, -0.2) is 4.39 Å². The molecule has 4 rings (SSSR count). The quantitative estimate of drug-likeness (QED) is 0.705. The number of hydrogen-bond donors (Lipinski definition) is 0. The number of nitrogens with zero attached hydrogens (tertiary/aromatic N) is 1. The van der Waals surface area contributed by atoms with Crippen LogP contribution in [0.1, 0.15) is 24.1 Å². The van der Waals surface area contributed by atoms with Crippen molar-refractivity contribution in [2.45, 2.75) is 19.4 Å². The highest BCUT2D eigenvalue weighted by molar-refractivity contribution is 6.02. The number of rotatable bonds is 4. The molecule has 0 saturated carbocycles. The molecule has 0 fully saturated rings. The van der Waals surface area contributed by atoms with Crippen molar-refractivity contribution in [2.24, 2.45) is 0 Å². The molecule has 27 heavy (non-hydrogen) atoms. The Morgan fingerprint density at radius 1 is 1.07 bits per heavy atom. The molecule has 0 spiro atoms. The fourth-order valence-corrected chi connectivity index (χ4v) is 3.49. The third-order valence-corrected chi connectivity index (χ3v) is 4.89. The minimum Gasteiger partial charge on any atom is -0.497 e. The van der Waals surface area contributed by atoms with Gasteiger partial charge in [0.25, 0.3) is 5.56 Å². The van der Waals surface area contributed by atoms with Crippen molar-refractivity contribution in [2.75, 3.05) is 7.11 Å². The Morgan fingerprint density at radius 2 is 1.85 bits per heavy atom. The van der Waals surface area contributed by atoms with Gasteiger partial charge in [0.2, 0.25) is 0 Å². The van der Waals surface area contributed by atoms with Crippen LogP contribution in [0.15, 0.2) is 59.4 Å². The van der Waals surface area contributed by atoms with Crippen molar-refractivity contribution in [3.63, 3.8) is 0 Å². The highest BCUT2D eigenvalue weighted by Crippen LogP contribution is 2.28. The monoisotopic (exact) mass is 363 g/mol. The highest BCUT2D eigenvalue weighted by Gasteiger charge is 2.20. The van der Waals surface area contributed by atoms with Crippen LogP contribution in [0.5, 0.6) is 5.75 Å². The summed E-state index contributed by atoms with van der Waals surface area (Å²) in [6.07, 6.45) is 2.61. The number of ketones is 1. The van der Waals surface area contributed by atoms with Gasteiger partial charge in [0.1, 0.15) is 11.6 Å². The third-order valence-electron chi connectivity index (χ3n) is 4.89. The van der Waals surface area contributed by atoms with E-state index >= 15 is 0 Å². The molecule has 4 nitrogen and oxygen atoms in total. The van der Waals surface area contributed by atoms with E-state index in [1.807, 2.05) is 24.3 Å². The Kier molecular flexibility index (Phi) is 4.36. The highest BCUT2D eigenvalue weighted by atomic mass is 19.1. The number of fused-ring (bicyclic) bond motifs is 1. The predicted octanol–water partition coefficient (Wildman–Crippen LogP) is 3.94. The summed E-state index contributed by atoms with van der Waals surface area (Å²) in [7, 11) is 1.59. The minimum absolute atomic E-state index is 0.0489. The maximum atomic E-state index is 14.3. The zero-order valence-corrected chi connectivity index (χ0v) is 14.9. The first-order chi connectivity index (χ1) is 13.1. The molecule has 0 bridgehead atoms. The SMILES string of the molecule is COc1ccc(Cn2c(C3=CC(=O)CC3)cc3cccc(F)c3c2=O)cc1. The second-order valence-electron chi connectivity index (χ2n) is 6.61. The molecular formula is C22H18FNO3. The molecule has 5 heteroatoms. The van der Waals surface area contributed by atoms with Crippen LogP contribution in [0.3, 0.4) is 0 Å². The zero-order chi connectivity index (χ0) is 19.0. The number of carbonyl (C=O) groups is 1. The van der Waals surface area contributed by atoms with Crippen LogP contribution in [-0.4, -0.2) is 17.5 Å². The Bertz CT molecular complexity index is 1130. The van der Waals surface area contributed by atoms with Gasteiger partial charge in [-0.15, -0.1) is 0 Å². The summed E-state index contributed by atoms with van der Waals surface area (Å²) in [5.74, 6) is 0.233. The molecule has 1 aliphatic rings. The Labute approximate surface area is 155 Å². The van der Waals surface area contributed by atoms with Gasteiger partial charge < -0.3 is 9.30 Å². The van der Waals surface area contributed by atoms with Crippen molar-refractivity contribution in [3.8, 4) is 5.75 Å². The van der Waals surface area contributed by atoms with E-state index < -0.39 is 11.4 Å². The van der Waals surface area contributed by atoms with Crippen LogP contribution < -0.4 is 10.3 Å². The maximum absolute atomic E-state index is 14.3. The zero-order valence-electron chi connectivity index (χ0n) is 14.9. The number of benzene rings is 2. The maximum Gasteiger partial charge on any atom is 0.262 e. The van der Waals surface area contributed by atoms with E-state index in [1.165, 1.54) is 6.07 Å². The third kappa shape index (κ3) is 3.16. The number of allylic oxidation sites excluding steroid dienone is 2. The lowest BCUT2D eigenvalue weighted by molar-refractivity contribution is -0.114. The van der Waals surface area contributed by atoms with E-state index in [-0.39, 0.29) is 17.7 Å². The topological polar surface area (TPSA) is 48.3 Å². The van der Waals surface area contributed by atoms with Gasteiger partial charge in [0.15, 0.2) is 5.78 Å². The second kappa shape index (κ2) is 6.83. The molecule has 0 unspecified atom stereocenters. The van der Waals surface area contributed by atoms with Gasteiger partial charge in [-0.05, 0) is 53.3 Å². The van der Waals surface area contributed by atoms with Crippen LogP contribution in [0.25, 0.3) is 16.3 Å². The molecule has 1 aromatic heterocycles. The summed E-state index contributed by atoms with van der Waals surface area (Å²) in [4.78, 5) is 24.9. The summed E-state index contributed by atoms with van der Waals surface area (Å²) in [6.45, 7) is 0.286. The lowest BCUT2D eigenvalue weighted by atomic mass is 10.1. The van der Waals surface area contributed by atoms with Gasteiger partial charge in [0.05, 0.1) is 19.0 Å². The number of hydrogen-bond acceptors (Lipinski definition) is 3. The number of ether oxygens (including phenoxy) is 1. The van der Waals surface area contributed by atoms with Crippen LogP contribution in [0.4, 0.5) is 4.39 Å². The Balaban J connectivity index is 1.91. The number of carbonyl (C=O) groups excluding carboxylic acids is 1. The first-order valence-electron chi connectivity index (χ1n) is 8.75. The molecule has 0 radical (unpaired) electrons. The molecule has 0 atom stereocenters. The lowest BCUT2D eigenvalue weighted by Gasteiger charge is -2.16. The summed E-state index contributed by atoms with van der Waals surface area (Å²) in [6, 6.07) is 13.8. The number of pyridine rings is 1. The van der Waals surface area contributed by atoms with Gasteiger partial charge in [-0.2, -0.15) is 0 Å². The second-order valence-corrected chi connectivity index (χ2v) is 6.61. The summed E-state index contributed by atoms with van der Waals surface area (Å²) in [5, 5.41) is 0.612. The number of aromatic nitrogens is 1. The fourth-order valence-electron chi connectivity index (χ4n) is 3.49. The van der Waals surface area contributed by atoms with Crippen LogP contribution in [0.2, 0.25) is 0 Å². The molecule has 0 amide bonds. The van der Waals surface area contributed by atoms with E-state index in [4.69, 9.17) is 4.74 Å². The van der Waals surface area contributed by atoms with Gasteiger partial charge in [-0.1, -0.05) is 24.3 Å². The molecule has 136 valence electrons. The van der Waals surface area contributed by atoms with E-state index in [9.17, 15) is 14.0 Å². The first kappa shape index (κ1) is 17.2. The summed E-state index contributed by atoms with van der Waals surface area (Å²) < 4.78 is 21.1. The number of halogens is 1. The average Bonchev–Trinajstić information content (AvgIpc) is 3.10. The van der Waals surface area contributed by atoms with Gasteiger partial charge in [0, 0.05) is 12.1 Å². The van der Waals surface area contributed by atoms with Gasteiger partial charge in [-0.3, -0.25) is 9.59 Å². The first-order valence-corrected chi connectivity index (χ1v) is 8.75. The van der Waals surface area contributed by atoms with Crippen molar-refractivity contribution in [3.05, 3.63) is 82.0 Å². The predicted molar refractivity (Wildman–Crippen MR) is 102 cm³/mol. The molecule has 0 N–H and O–H groups in total. The van der Waals surface area contributed by atoms with Crippen molar-refractivity contribution in [1.82, 2.24) is 4.57 Å². The molecular weight excluding hydrogens is 345 g/mol. The van der Waals surface area contributed by atoms with E-state index in [0.29, 0.717) is 23.9 Å². The molecule has 3 aromatic rings. The summed E-state index contributed by atoms with van der Waals surface area (Å²) in [5.41, 5.74) is 1.98. The van der Waals surface area contributed by atoms with E-state index in [2.05, 4.69) is 0 Å². The molecule has 0 aliphatic heterocycles. The normalized spacial score (nSPS) is 13.9. The van der Waals surface area contributed by atoms with Crippen molar-refractivity contribution in [1.29, 1.82) is 0 Å². The number of methoxy groups -OCH3 is 1. The standard InChI is InChI=1S/C22H18FNO3/c1-27-18-9-5-14(6-10-18)13-24-20(15-7-8-17(25)11-15)12-16-3-2-4-19(23)21(16)22(24)26/h2-6,9-12H,7-8,13H2,1H3. The minimum atomic E-state index is -0.538. The molecule has 1 aliphatic carbocycles. The van der Waals surface area contributed by atoms with E-state index in [1.54, 1.807) is 36.0 Å². The van der Waals surface area contributed by atoms with Gasteiger partial charge >= 0.3 is 0 Å². The smallest absolute Gasteiger partial charge is 0.262 e. The molecule has 1 heterocycles. The average molecular weight is 363 g/mol. The Hall–Kier alpha value is -3.21. The van der Waals surface area contributed by atoms with Crippen LogP contribution in [0, 0.1) is 5.82 Å². The Morgan fingerprint density at radius 3 is 2.52 bits per heavy atom. The van der Waals surface area contributed by atoms with Crippen LogP contribution >= 0.6 is 0 Å². The molecule has 2 aromatic carbocycles. The fraction of sp³-hybridized carbons (Fsp3) is 0.182. The van der Waals surface area contributed by atoms with Crippen molar-refractivity contribution < 1.29 is 13.9 Å². The lowest BCUT2D eigenvalue weighted by Crippen LogP contribution is -2.24. The van der Waals surface area contributed by atoms with E-state index in [0.717, 1.165) is 16.9 Å². The van der Waals surface area contributed by atoms with Crippen molar-refractivity contribution >= 4 is 22.1 Å². The largest absolute Gasteiger partial charge is 0.497 e.